The zero-order chi connectivity index (χ0) is 18.3. The number of halogens is 1. The Labute approximate surface area is 148 Å². The van der Waals surface area contributed by atoms with Crippen LogP contribution in [0.25, 0.3) is 11.3 Å². The van der Waals surface area contributed by atoms with Crippen LogP contribution >= 0.6 is 11.6 Å². The summed E-state index contributed by atoms with van der Waals surface area (Å²) in [5, 5.41) is 9.50. The van der Waals surface area contributed by atoms with Gasteiger partial charge in [-0.05, 0) is 23.8 Å². The van der Waals surface area contributed by atoms with Crippen LogP contribution < -0.4 is 11.5 Å². The molecule has 8 heteroatoms. The van der Waals surface area contributed by atoms with E-state index >= 15 is 0 Å². The van der Waals surface area contributed by atoms with Crippen molar-refractivity contribution in [3.8, 4) is 17.0 Å². The molecule has 0 radical (unpaired) electrons. The van der Waals surface area contributed by atoms with E-state index in [-0.39, 0.29) is 35.5 Å². The molecule has 1 aromatic carbocycles. The maximum Gasteiger partial charge on any atom is 0.256 e. The first-order valence-corrected chi connectivity index (χ1v) is 7.71. The number of primary amides is 1. The summed E-state index contributed by atoms with van der Waals surface area (Å²) in [5.74, 6) is -1.10. The molecule has 2 heterocycles. The summed E-state index contributed by atoms with van der Waals surface area (Å²) >= 11 is 5.88. The predicted molar refractivity (Wildman–Crippen MR) is 93.8 cm³/mol. The van der Waals surface area contributed by atoms with Crippen molar-refractivity contribution in [2.45, 2.75) is 6.54 Å². The van der Waals surface area contributed by atoms with E-state index in [0.717, 1.165) is 0 Å². The normalized spacial score (nSPS) is 13.0. The summed E-state index contributed by atoms with van der Waals surface area (Å²) < 4.78 is 0. The summed E-state index contributed by atoms with van der Waals surface area (Å²) in [6.45, 7) is 3.84. The first-order chi connectivity index (χ1) is 11.8. The van der Waals surface area contributed by atoms with Gasteiger partial charge >= 0.3 is 0 Å². The quantitative estimate of drug-likeness (QED) is 0.436. The van der Waals surface area contributed by atoms with Gasteiger partial charge in [-0.3, -0.25) is 9.59 Å². The van der Waals surface area contributed by atoms with Gasteiger partial charge in [0.15, 0.2) is 10.9 Å². The highest BCUT2D eigenvalue weighted by atomic mass is 35.5. The minimum atomic E-state index is -0.663. The van der Waals surface area contributed by atoms with Gasteiger partial charge in [0.2, 0.25) is 5.91 Å². The number of aromatic nitrogens is 1. The van der Waals surface area contributed by atoms with Crippen molar-refractivity contribution >= 4 is 29.1 Å². The molecule has 3 rings (SSSR count). The van der Waals surface area contributed by atoms with E-state index in [2.05, 4.69) is 11.6 Å². The monoisotopic (exact) mass is 358 g/mol. The number of carbonyl (C=O) groups excluding carboxylic acids is 2. The first-order valence-electron chi connectivity index (χ1n) is 7.33. The van der Waals surface area contributed by atoms with Crippen LogP contribution in [0.2, 0.25) is 5.15 Å². The number of rotatable bonds is 4. The molecule has 5 N–H and O–H groups in total. The fourth-order valence-corrected chi connectivity index (χ4v) is 2.91. The molecule has 1 aromatic heterocycles. The number of nitrogens with two attached hydrogens (primary N) is 2. The molecule has 0 fully saturated rings. The van der Waals surface area contributed by atoms with Crippen molar-refractivity contribution in [2.24, 2.45) is 5.73 Å². The molecule has 2 aromatic rings. The second-order valence-corrected chi connectivity index (χ2v) is 6.05. The molecular weight excluding hydrogens is 344 g/mol. The Balaban J connectivity index is 2.05. The number of fused-ring (bicyclic) bond motifs is 1. The summed E-state index contributed by atoms with van der Waals surface area (Å²) in [4.78, 5) is 29.4. The van der Waals surface area contributed by atoms with E-state index in [0.29, 0.717) is 28.1 Å². The fraction of sp³-hybridized carbons (Fsp3) is 0.118. The average Bonchev–Trinajstić information content (AvgIpc) is 2.88. The largest absolute Gasteiger partial charge is 0.505 e. The molecule has 0 aliphatic carbocycles. The molecule has 0 bridgehead atoms. The SMILES string of the molecule is C=C(CN1Cc2c(-c3ccc(O)c(Cl)n3)ccc(N)c2C1=O)C(N)=O. The number of hydrogen-bond acceptors (Lipinski definition) is 5. The molecule has 7 nitrogen and oxygen atoms in total. The van der Waals surface area contributed by atoms with Gasteiger partial charge in [-0.1, -0.05) is 24.2 Å². The molecule has 1 aliphatic heterocycles. The highest BCUT2D eigenvalue weighted by Crippen LogP contribution is 2.36. The van der Waals surface area contributed by atoms with E-state index in [9.17, 15) is 14.7 Å². The molecule has 0 atom stereocenters. The molecule has 0 unspecified atom stereocenters. The van der Waals surface area contributed by atoms with Gasteiger partial charge in [-0.2, -0.15) is 0 Å². The van der Waals surface area contributed by atoms with Crippen LogP contribution in [0, 0.1) is 0 Å². The topological polar surface area (TPSA) is 123 Å². The van der Waals surface area contributed by atoms with Gasteiger partial charge in [0, 0.05) is 23.4 Å². The lowest BCUT2D eigenvalue weighted by Crippen LogP contribution is -2.30. The summed E-state index contributed by atoms with van der Waals surface area (Å²) in [6.07, 6.45) is 0. The van der Waals surface area contributed by atoms with Gasteiger partial charge in [0.1, 0.15) is 0 Å². The number of anilines is 1. The van der Waals surface area contributed by atoms with E-state index in [4.69, 9.17) is 23.1 Å². The van der Waals surface area contributed by atoms with Crippen LogP contribution in [0.4, 0.5) is 5.69 Å². The van der Waals surface area contributed by atoms with Gasteiger partial charge in [0.05, 0.1) is 17.8 Å². The fourth-order valence-electron chi connectivity index (χ4n) is 2.76. The summed E-state index contributed by atoms with van der Waals surface area (Å²) in [5.41, 5.74) is 13.8. The van der Waals surface area contributed by atoms with Gasteiger partial charge in [0.25, 0.3) is 5.91 Å². The van der Waals surface area contributed by atoms with Crippen LogP contribution in [0.3, 0.4) is 0 Å². The van der Waals surface area contributed by atoms with E-state index < -0.39 is 5.91 Å². The third kappa shape index (κ3) is 2.89. The van der Waals surface area contributed by atoms with Crippen molar-refractivity contribution in [1.29, 1.82) is 0 Å². The lowest BCUT2D eigenvalue weighted by molar-refractivity contribution is -0.114. The van der Waals surface area contributed by atoms with E-state index in [1.165, 1.54) is 11.0 Å². The number of hydrogen-bond donors (Lipinski definition) is 3. The first kappa shape index (κ1) is 16.8. The third-order valence-electron chi connectivity index (χ3n) is 4.03. The second kappa shape index (κ2) is 6.10. The molecule has 0 saturated heterocycles. The predicted octanol–water partition coefficient (Wildman–Crippen LogP) is 1.69. The number of nitrogens with zero attached hydrogens (tertiary/aromatic N) is 2. The maximum atomic E-state index is 12.6. The van der Waals surface area contributed by atoms with Gasteiger partial charge < -0.3 is 21.5 Å². The minimum absolute atomic E-state index is 0.0193. The zero-order valence-electron chi connectivity index (χ0n) is 13.1. The lowest BCUT2D eigenvalue weighted by atomic mass is 9.99. The zero-order valence-corrected chi connectivity index (χ0v) is 13.9. The highest BCUT2D eigenvalue weighted by Gasteiger charge is 2.32. The molecule has 2 amide bonds. The van der Waals surface area contributed by atoms with Crippen molar-refractivity contribution in [2.75, 3.05) is 12.3 Å². The lowest BCUT2D eigenvalue weighted by Gasteiger charge is -2.15. The van der Waals surface area contributed by atoms with Crippen molar-refractivity contribution in [1.82, 2.24) is 9.88 Å². The van der Waals surface area contributed by atoms with Crippen LogP contribution in [0.5, 0.6) is 5.75 Å². The van der Waals surface area contributed by atoms with Crippen LogP contribution in [0.15, 0.2) is 36.4 Å². The Bertz CT molecular complexity index is 926. The summed E-state index contributed by atoms with van der Waals surface area (Å²) in [7, 11) is 0. The Kier molecular flexibility index (Phi) is 4.10. The molecule has 0 spiro atoms. The average molecular weight is 359 g/mol. The smallest absolute Gasteiger partial charge is 0.256 e. The summed E-state index contributed by atoms with van der Waals surface area (Å²) in [6, 6.07) is 6.38. The minimum Gasteiger partial charge on any atom is -0.505 e. The number of benzene rings is 1. The molecule has 25 heavy (non-hydrogen) atoms. The number of aromatic hydroxyl groups is 1. The van der Waals surface area contributed by atoms with E-state index in [1.54, 1.807) is 18.2 Å². The van der Waals surface area contributed by atoms with Crippen molar-refractivity contribution < 1.29 is 14.7 Å². The van der Waals surface area contributed by atoms with Crippen LogP contribution in [-0.2, 0) is 11.3 Å². The van der Waals surface area contributed by atoms with E-state index in [1.807, 2.05) is 0 Å². The van der Waals surface area contributed by atoms with Gasteiger partial charge in [-0.25, -0.2) is 4.98 Å². The molecule has 128 valence electrons. The Hall–Kier alpha value is -3.06. The van der Waals surface area contributed by atoms with Gasteiger partial charge in [-0.15, -0.1) is 0 Å². The number of nitrogen functional groups attached to an aromatic ring is 1. The molecular formula is C17H15ClN4O3. The maximum absolute atomic E-state index is 12.6. The van der Waals surface area contributed by atoms with Crippen LogP contribution in [-0.4, -0.2) is 33.3 Å². The Morgan fingerprint density at radius 1 is 1.36 bits per heavy atom. The molecule has 0 saturated carbocycles. The molecule has 1 aliphatic rings. The Morgan fingerprint density at radius 2 is 2.08 bits per heavy atom. The number of carbonyl (C=O) groups is 2. The van der Waals surface area contributed by atoms with Crippen molar-refractivity contribution in [3.63, 3.8) is 0 Å². The highest BCUT2D eigenvalue weighted by molar-refractivity contribution is 6.30. The second-order valence-electron chi connectivity index (χ2n) is 5.69. The standard InChI is InChI=1S/C17H15ClN4O3/c1-8(16(20)24)6-22-7-10-9(2-3-11(19)14(10)17(22)25)12-4-5-13(23)15(18)21-12/h2-5,23H,1,6-7,19H2,(H2,20,24). The van der Waals surface area contributed by atoms with Crippen LogP contribution in [0.1, 0.15) is 15.9 Å². The number of amides is 2. The number of pyridine rings is 1. The third-order valence-corrected chi connectivity index (χ3v) is 4.31. The Morgan fingerprint density at radius 3 is 2.72 bits per heavy atom. The van der Waals surface area contributed by atoms with Crippen molar-refractivity contribution in [3.05, 3.63) is 52.7 Å².